The van der Waals surface area contributed by atoms with Crippen molar-refractivity contribution in [1.29, 1.82) is 5.26 Å². The van der Waals surface area contributed by atoms with Gasteiger partial charge in [0.1, 0.15) is 16.7 Å². The van der Waals surface area contributed by atoms with Gasteiger partial charge in [0, 0.05) is 15.8 Å². The van der Waals surface area contributed by atoms with Gasteiger partial charge in [-0.3, -0.25) is 14.5 Å². The fourth-order valence-corrected chi connectivity index (χ4v) is 5.04. The Kier molecular flexibility index (Phi) is 6.97. The minimum Gasteiger partial charge on any atom is -0.321 e. The highest BCUT2D eigenvalue weighted by molar-refractivity contribution is 9.10. The van der Waals surface area contributed by atoms with E-state index >= 15 is 0 Å². The molecule has 0 radical (unpaired) electrons. The van der Waals surface area contributed by atoms with Crippen molar-refractivity contribution in [2.75, 3.05) is 10.2 Å². The molecule has 164 valence electrons. The Morgan fingerprint density at radius 1 is 1.06 bits per heavy atom. The van der Waals surface area contributed by atoms with E-state index in [4.69, 9.17) is 0 Å². The van der Waals surface area contributed by atoms with Crippen molar-refractivity contribution in [1.82, 2.24) is 0 Å². The smallest absolute Gasteiger partial charge is 0.269 e. The third-order valence-corrected chi connectivity index (χ3v) is 6.96. The standard InChI is InChI=1S/C26H20BrN3O2S/c1-17-7-11-20(12-8-17)29-24(31)22(16-28)26-30(21-13-9-19(27)10-14-21)25(32)23(33-26)15-18-5-3-2-4-6-18/h2-14,23H,15H2,1H3,(H,29,31)/b26-22-. The fourth-order valence-electron chi connectivity index (χ4n) is 3.47. The number of rotatable bonds is 5. The van der Waals surface area contributed by atoms with Gasteiger partial charge in [0.15, 0.2) is 0 Å². The van der Waals surface area contributed by atoms with Gasteiger partial charge in [-0.25, -0.2) is 0 Å². The van der Waals surface area contributed by atoms with Gasteiger partial charge >= 0.3 is 0 Å². The molecule has 0 aromatic heterocycles. The van der Waals surface area contributed by atoms with Crippen LogP contribution in [0.25, 0.3) is 0 Å². The van der Waals surface area contributed by atoms with E-state index in [0.29, 0.717) is 22.8 Å². The number of aryl methyl sites for hydroxylation is 1. The maximum absolute atomic E-state index is 13.5. The van der Waals surface area contributed by atoms with Gasteiger partial charge in [0.2, 0.25) is 5.91 Å². The average Bonchev–Trinajstić information content (AvgIpc) is 3.12. The van der Waals surface area contributed by atoms with Crippen LogP contribution in [0.15, 0.2) is 93.9 Å². The van der Waals surface area contributed by atoms with Crippen molar-refractivity contribution in [3.05, 3.63) is 105 Å². The summed E-state index contributed by atoms with van der Waals surface area (Å²) in [4.78, 5) is 28.0. The molecule has 1 saturated heterocycles. The zero-order chi connectivity index (χ0) is 23.4. The number of nitrogens with one attached hydrogen (secondary N) is 1. The molecule has 0 saturated carbocycles. The van der Waals surface area contributed by atoms with Gasteiger partial charge in [-0.1, -0.05) is 75.7 Å². The molecule has 2 amide bonds. The monoisotopic (exact) mass is 517 g/mol. The van der Waals surface area contributed by atoms with Gasteiger partial charge in [-0.15, -0.1) is 0 Å². The minimum absolute atomic E-state index is 0.0904. The topological polar surface area (TPSA) is 73.2 Å². The van der Waals surface area contributed by atoms with E-state index in [1.165, 1.54) is 16.7 Å². The molecule has 0 spiro atoms. The van der Waals surface area contributed by atoms with Crippen molar-refractivity contribution >= 4 is 50.9 Å². The second-order valence-electron chi connectivity index (χ2n) is 7.56. The molecule has 33 heavy (non-hydrogen) atoms. The maximum Gasteiger partial charge on any atom is 0.269 e. The zero-order valence-corrected chi connectivity index (χ0v) is 20.2. The van der Waals surface area contributed by atoms with Crippen molar-refractivity contribution in [3.63, 3.8) is 0 Å². The summed E-state index contributed by atoms with van der Waals surface area (Å²) >= 11 is 4.67. The summed E-state index contributed by atoms with van der Waals surface area (Å²) in [5, 5.41) is 12.6. The number of hydrogen-bond donors (Lipinski definition) is 1. The summed E-state index contributed by atoms with van der Waals surface area (Å²) in [6, 6.07) is 26.3. The average molecular weight is 518 g/mol. The molecule has 1 aliphatic rings. The molecule has 1 aliphatic heterocycles. The lowest BCUT2D eigenvalue weighted by molar-refractivity contribution is -0.117. The van der Waals surface area contributed by atoms with E-state index < -0.39 is 11.2 Å². The summed E-state index contributed by atoms with van der Waals surface area (Å²) in [6.07, 6.45) is 0.499. The normalized spacial score (nSPS) is 16.9. The minimum atomic E-state index is -0.542. The number of halogens is 1. The lowest BCUT2D eigenvalue weighted by Gasteiger charge is -2.19. The van der Waals surface area contributed by atoms with Crippen LogP contribution in [0.2, 0.25) is 0 Å². The number of carbonyl (C=O) groups is 2. The summed E-state index contributed by atoms with van der Waals surface area (Å²) in [5.41, 5.74) is 3.19. The van der Waals surface area contributed by atoms with E-state index in [1.54, 1.807) is 24.3 Å². The fraction of sp³-hybridized carbons (Fsp3) is 0.115. The van der Waals surface area contributed by atoms with Crippen LogP contribution in [0.1, 0.15) is 11.1 Å². The number of amides is 2. The van der Waals surface area contributed by atoms with Crippen LogP contribution in [0.5, 0.6) is 0 Å². The molecule has 0 aliphatic carbocycles. The predicted molar refractivity (Wildman–Crippen MR) is 136 cm³/mol. The number of hydrogen-bond acceptors (Lipinski definition) is 4. The second-order valence-corrected chi connectivity index (χ2v) is 9.67. The number of carbonyl (C=O) groups excluding carboxylic acids is 2. The Bertz CT molecular complexity index is 1250. The highest BCUT2D eigenvalue weighted by Crippen LogP contribution is 2.42. The molecule has 3 aromatic rings. The third kappa shape index (κ3) is 5.19. The van der Waals surface area contributed by atoms with Gasteiger partial charge in [0.05, 0.1) is 5.25 Å². The Balaban J connectivity index is 1.72. The van der Waals surface area contributed by atoms with Crippen LogP contribution >= 0.6 is 27.7 Å². The van der Waals surface area contributed by atoms with Gasteiger partial charge < -0.3 is 5.32 Å². The van der Waals surface area contributed by atoms with Crippen LogP contribution < -0.4 is 10.2 Å². The Morgan fingerprint density at radius 2 is 1.73 bits per heavy atom. The maximum atomic E-state index is 13.5. The molecule has 3 aromatic carbocycles. The summed E-state index contributed by atoms with van der Waals surface area (Å²) in [5.74, 6) is -0.698. The summed E-state index contributed by atoms with van der Waals surface area (Å²) < 4.78 is 0.870. The number of nitriles is 1. The van der Waals surface area contributed by atoms with Gasteiger partial charge in [-0.05, 0) is 55.3 Å². The van der Waals surface area contributed by atoms with Crippen LogP contribution in [0.4, 0.5) is 11.4 Å². The Labute approximate surface area is 205 Å². The first-order chi connectivity index (χ1) is 16.0. The Morgan fingerprint density at radius 3 is 2.36 bits per heavy atom. The summed E-state index contributed by atoms with van der Waals surface area (Å²) in [6.45, 7) is 1.96. The number of thioether (sulfide) groups is 1. The van der Waals surface area contributed by atoms with E-state index in [0.717, 1.165) is 15.6 Å². The highest BCUT2D eigenvalue weighted by atomic mass is 79.9. The van der Waals surface area contributed by atoms with Crippen LogP contribution in [0.3, 0.4) is 0 Å². The molecule has 1 heterocycles. The SMILES string of the molecule is Cc1ccc(NC(=O)/C(C#N)=C2\SC(Cc3ccccc3)C(=O)N2c2ccc(Br)cc2)cc1. The molecular formula is C26H20BrN3O2S. The van der Waals surface area contributed by atoms with E-state index in [9.17, 15) is 14.9 Å². The first-order valence-electron chi connectivity index (χ1n) is 10.3. The molecule has 1 atom stereocenters. The van der Waals surface area contributed by atoms with Crippen molar-refractivity contribution < 1.29 is 9.59 Å². The molecular weight excluding hydrogens is 498 g/mol. The van der Waals surface area contributed by atoms with Gasteiger partial charge in [-0.2, -0.15) is 5.26 Å². The number of anilines is 2. The van der Waals surface area contributed by atoms with Crippen molar-refractivity contribution in [3.8, 4) is 6.07 Å². The lowest BCUT2D eigenvalue weighted by atomic mass is 10.1. The third-order valence-electron chi connectivity index (χ3n) is 5.16. The van der Waals surface area contributed by atoms with Crippen LogP contribution in [-0.2, 0) is 16.0 Å². The van der Waals surface area contributed by atoms with Gasteiger partial charge in [0.25, 0.3) is 5.91 Å². The van der Waals surface area contributed by atoms with E-state index in [1.807, 2.05) is 67.6 Å². The highest BCUT2D eigenvalue weighted by Gasteiger charge is 2.40. The first kappa shape index (κ1) is 22.8. The molecule has 1 N–H and O–H groups in total. The molecule has 1 fully saturated rings. The van der Waals surface area contributed by atoms with Crippen LogP contribution in [-0.4, -0.2) is 17.1 Å². The quantitative estimate of drug-likeness (QED) is 0.341. The second kappa shape index (κ2) is 10.1. The molecule has 4 rings (SSSR count). The first-order valence-corrected chi connectivity index (χ1v) is 12.0. The predicted octanol–water partition coefficient (Wildman–Crippen LogP) is 5.82. The number of nitrogens with zero attached hydrogens (tertiary/aromatic N) is 2. The molecule has 7 heteroatoms. The van der Waals surface area contributed by atoms with Crippen molar-refractivity contribution in [2.24, 2.45) is 0 Å². The summed E-state index contributed by atoms with van der Waals surface area (Å²) in [7, 11) is 0. The molecule has 5 nitrogen and oxygen atoms in total. The zero-order valence-electron chi connectivity index (χ0n) is 17.8. The van der Waals surface area contributed by atoms with Crippen molar-refractivity contribution in [2.45, 2.75) is 18.6 Å². The van der Waals surface area contributed by atoms with E-state index in [2.05, 4.69) is 21.2 Å². The van der Waals surface area contributed by atoms with Crippen LogP contribution in [0, 0.1) is 18.3 Å². The molecule has 0 bridgehead atoms. The largest absolute Gasteiger partial charge is 0.321 e. The van der Waals surface area contributed by atoms with E-state index in [-0.39, 0.29) is 11.5 Å². The molecule has 1 unspecified atom stereocenters. The lowest BCUT2D eigenvalue weighted by Crippen LogP contribution is -2.30. The Hall–Kier alpha value is -3.34. The number of benzene rings is 3.